The second-order valence-corrected chi connectivity index (χ2v) is 9.03. The first-order valence-corrected chi connectivity index (χ1v) is 12.2. The Morgan fingerprint density at radius 3 is 2.66 bits per heavy atom. The number of ether oxygens (including phenoxy) is 2. The summed E-state index contributed by atoms with van der Waals surface area (Å²) >= 11 is 1.39. The third-order valence-electron chi connectivity index (χ3n) is 5.53. The molecule has 1 aliphatic rings. The fraction of sp³-hybridized carbons (Fsp3) is 0.320. The van der Waals surface area contributed by atoms with Crippen LogP contribution in [0.1, 0.15) is 45.3 Å². The van der Waals surface area contributed by atoms with Crippen LogP contribution in [-0.4, -0.2) is 34.8 Å². The second kappa shape index (κ2) is 10.3. The van der Waals surface area contributed by atoms with Crippen LogP contribution in [0.15, 0.2) is 47.6 Å². The lowest BCUT2D eigenvalue weighted by molar-refractivity contribution is -0.764. The van der Waals surface area contributed by atoms with Crippen LogP contribution in [0.4, 0.5) is 5.69 Å². The van der Waals surface area contributed by atoms with Crippen LogP contribution in [-0.2, 0) is 9.59 Å². The molecule has 1 aromatic heterocycles. The van der Waals surface area contributed by atoms with Gasteiger partial charge in [-0.05, 0) is 36.8 Å². The first-order chi connectivity index (χ1) is 16.8. The maximum atomic E-state index is 13.3. The molecule has 3 aromatic rings. The number of hydrogen-bond donors (Lipinski definition) is 0. The van der Waals surface area contributed by atoms with Crippen molar-refractivity contribution in [3.8, 4) is 28.6 Å². The first-order valence-electron chi connectivity index (χ1n) is 11.2. The molecule has 9 nitrogen and oxygen atoms in total. The Labute approximate surface area is 207 Å². The Bertz CT molecular complexity index is 1280. The highest BCUT2D eigenvalue weighted by molar-refractivity contribution is 7.99. The highest BCUT2D eigenvalue weighted by Crippen LogP contribution is 2.43. The number of nitrogens with zero attached hydrogens (tertiary/aromatic N) is 4. The van der Waals surface area contributed by atoms with E-state index in [2.05, 4.69) is 11.9 Å². The molecule has 0 aliphatic carbocycles. The Morgan fingerprint density at radius 2 is 1.97 bits per heavy atom. The Hall–Kier alpha value is -3.66. The minimum Gasteiger partial charge on any atom is -0.854 e. The largest absolute Gasteiger partial charge is 0.854 e. The SMILES string of the molecule is CCCCSc1nc([O-])c2[n+](n1)C(c1cc(OC)ccc1OC(C)=O)N(C(C)=O)c1ccccc1-2. The number of esters is 1. The van der Waals surface area contributed by atoms with Gasteiger partial charge in [-0.15, -0.1) is 0 Å². The van der Waals surface area contributed by atoms with Crippen molar-refractivity contribution in [2.45, 2.75) is 44.9 Å². The topological polar surface area (TPSA) is 109 Å². The third kappa shape index (κ3) is 4.79. The first kappa shape index (κ1) is 24.5. The van der Waals surface area contributed by atoms with Gasteiger partial charge < -0.3 is 14.6 Å². The molecule has 0 N–H and O–H groups in total. The molecule has 1 aliphatic heterocycles. The van der Waals surface area contributed by atoms with Gasteiger partial charge >= 0.3 is 5.97 Å². The number of para-hydroxylation sites is 1. The molecule has 0 spiro atoms. The Morgan fingerprint density at radius 1 is 1.20 bits per heavy atom. The molecule has 2 heterocycles. The fourth-order valence-corrected chi connectivity index (χ4v) is 4.94. The van der Waals surface area contributed by atoms with Crippen molar-refractivity contribution in [3.63, 3.8) is 0 Å². The summed E-state index contributed by atoms with van der Waals surface area (Å²) in [5.74, 6) is 0.244. The van der Waals surface area contributed by atoms with Gasteiger partial charge in [0.2, 0.25) is 5.91 Å². The van der Waals surface area contributed by atoms with Crippen molar-refractivity contribution in [2.75, 3.05) is 17.8 Å². The normalized spacial score (nSPS) is 14.2. The number of benzene rings is 2. The molecule has 0 saturated carbocycles. The quantitative estimate of drug-likeness (QED) is 0.162. The maximum Gasteiger partial charge on any atom is 0.308 e. The fourth-order valence-electron chi connectivity index (χ4n) is 4.03. The minimum absolute atomic E-state index is 0.235. The Kier molecular flexibility index (Phi) is 7.20. The second-order valence-electron chi connectivity index (χ2n) is 7.97. The number of methoxy groups -OCH3 is 1. The van der Waals surface area contributed by atoms with E-state index < -0.39 is 18.0 Å². The van der Waals surface area contributed by atoms with Gasteiger partial charge in [0.05, 0.1) is 29.8 Å². The van der Waals surface area contributed by atoms with E-state index in [0.717, 1.165) is 18.6 Å². The van der Waals surface area contributed by atoms with E-state index in [1.807, 2.05) is 0 Å². The number of hydrogen-bond acceptors (Lipinski definition) is 8. The summed E-state index contributed by atoms with van der Waals surface area (Å²) in [6.07, 6.45) is 1.03. The number of aromatic nitrogens is 3. The predicted molar refractivity (Wildman–Crippen MR) is 128 cm³/mol. The van der Waals surface area contributed by atoms with Gasteiger partial charge in [-0.1, -0.05) is 41.9 Å². The lowest BCUT2D eigenvalue weighted by Gasteiger charge is -2.33. The number of unbranched alkanes of at least 4 members (excludes halogenated alkanes) is 1. The molecule has 1 amide bonds. The van der Waals surface area contributed by atoms with Crippen molar-refractivity contribution in [2.24, 2.45) is 0 Å². The third-order valence-corrected chi connectivity index (χ3v) is 6.46. The standard InChI is InChI=1S/C25H26N4O5S/c1-5-6-13-35-25-26-23(32)22-18-9-7-8-10-20(18)28(15(2)30)24(29(22)27-25)19-14-17(33-4)11-12-21(19)34-16(3)31/h7-12,14,24H,5-6,13H2,1-4H3. The number of fused-ring (bicyclic) bond motifs is 3. The van der Waals surface area contributed by atoms with Crippen LogP contribution in [0.25, 0.3) is 11.3 Å². The molecular formula is C25H26N4O5S. The van der Waals surface area contributed by atoms with Crippen molar-refractivity contribution in [1.82, 2.24) is 10.1 Å². The van der Waals surface area contributed by atoms with E-state index in [1.54, 1.807) is 42.5 Å². The highest BCUT2D eigenvalue weighted by Gasteiger charge is 2.45. The molecule has 0 radical (unpaired) electrons. The van der Waals surface area contributed by atoms with E-state index in [4.69, 9.17) is 14.6 Å². The van der Waals surface area contributed by atoms with Crippen molar-refractivity contribution >= 4 is 29.3 Å². The van der Waals surface area contributed by atoms with Gasteiger partial charge in [-0.3, -0.25) is 9.59 Å². The Balaban J connectivity index is 2.02. The summed E-state index contributed by atoms with van der Waals surface area (Å²) in [5, 5.41) is 18.3. The van der Waals surface area contributed by atoms with Crippen molar-refractivity contribution in [3.05, 3.63) is 48.0 Å². The molecule has 1 unspecified atom stereocenters. The van der Waals surface area contributed by atoms with E-state index >= 15 is 0 Å². The van der Waals surface area contributed by atoms with Gasteiger partial charge in [0.25, 0.3) is 17.0 Å². The zero-order chi connectivity index (χ0) is 25.1. The minimum atomic E-state index is -0.914. The predicted octanol–water partition coefficient (Wildman–Crippen LogP) is 3.24. The molecule has 35 heavy (non-hydrogen) atoms. The molecular weight excluding hydrogens is 468 g/mol. The number of carbonyl (C=O) groups excluding carboxylic acids is 2. The molecule has 0 saturated heterocycles. The average molecular weight is 495 g/mol. The van der Waals surface area contributed by atoms with Gasteiger partial charge in [0.1, 0.15) is 11.5 Å². The van der Waals surface area contributed by atoms with Gasteiger partial charge in [-0.2, -0.15) is 0 Å². The van der Waals surface area contributed by atoms with Crippen LogP contribution >= 0.6 is 11.8 Å². The number of rotatable bonds is 7. The van der Waals surface area contributed by atoms with Crippen molar-refractivity contribution in [1.29, 1.82) is 0 Å². The van der Waals surface area contributed by atoms with E-state index in [0.29, 0.717) is 27.7 Å². The van der Waals surface area contributed by atoms with Gasteiger partial charge in [0.15, 0.2) is 0 Å². The number of amides is 1. The molecule has 4 rings (SSSR count). The van der Waals surface area contributed by atoms with Crippen LogP contribution in [0, 0.1) is 0 Å². The number of thioether (sulfide) groups is 1. The van der Waals surface area contributed by atoms with Crippen molar-refractivity contribution < 1.29 is 28.9 Å². The molecule has 0 fully saturated rings. The lowest BCUT2D eigenvalue weighted by Crippen LogP contribution is -2.58. The van der Waals surface area contributed by atoms with E-state index in [1.165, 1.54) is 42.3 Å². The highest BCUT2D eigenvalue weighted by atomic mass is 32.2. The molecule has 2 aromatic carbocycles. The van der Waals surface area contributed by atoms with Crippen LogP contribution in [0.3, 0.4) is 0 Å². The molecule has 1 atom stereocenters. The van der Waals surface area contributed by atoms with Crippen LogP contribution < -0.4 is 24.2 Å². The number of anilines is 1. The molecule has 0 bridgehead atoms. The smallest absolute Gasteiger partial charge is 0.308 e. The van der Waals surface area contributed by atoms with E-state index in [-0.39, 0.29) is 17.4 Å². The number of carbonyl (C=O) groups is 2. The van der Waals surface area contributed by atoms with Crippen LogP contribution in [0.5, 0.6) is 17.4 Å². The summed E-state index contributed by atoms with van der Waals surface area (Å²) in [5.41, 5.74) is 1.78. The zero-order valence-electron chi connectivity index (χ0n) is 20.0. The summed E-state index contributed by atoms with van der Waals surface area (Å²) in [6, 6.07) is 12.1. The van der Waals surface area contributed by atoms with E-state index in [9.17, 15) is 14.7 Å². The monoisotopic (exact) mass is 494 g/mol. The molecule has 10 heteroatoms. The lowest BCUT2D eigenvalue weighted by atomic mass is 10.0. The molecule has 182 valence electrons. The maximum absolute atomic E-state index is 13.3. The van der Waals surface area contributed by atoms with Gasteiger partial charge in [-0.25, -0.2) is 9.88 Å². The summed E-state index contributed by atoms with van der Waals surface area (Å²) < 4.78 is 12.4. The van der Waals surface area contributed by atoms with Gasteiger partial charge in [0, 0.05) is 24.7 Å². The van der Waals surface area contributed by atoms with Crippen LogP contribution in [0.2, 0.25) is 0 Å². The zero-order valence-corrected chi connectivity index (χ0v) is 20.8. The summed E-state index contributed by atoms with van der Waals surface area (Å²) in [7, 11) is 1.52. The summed E-state index contributed by atoms with van der Waals surface area (Å²) in [4.78, 5) is 30.7. The average Bonchev–Trinajstić information content (AvgIpc) is 2.83. The summed E-state index contributed by atoms with van der Waals surface area (Å²) in [6.45, 7) is 4.82.